The standard InChI is InChI=1S/C21H22N2O2/c1-4-14(2)12-17-20(15-8-6-5-7-9-15)23-21(22-17)16-10-11-19(25-3)18(24)13-16/h4-11,13,24H,12H2,1-3H3,(H,22,23)/b14-4-. The highest BCUT2D eigenvalue weighted by Gasteiger charge is 2.15. The first-order chi connectivity index (χ1) is 12.1. The Morgan fingerprint density at radius 1 is 1.16 bits per heavy atom. The van der Waals surface area contributed by atoms with Crippen molar-refractivity contribution in [3.63, 3.8) is 0 Å². The number of aromatic hydroxyl groups is 1. The highest BCUT2D eigenvalue weighted by molar-refractivity contribution is 5.69. The van der Waals surface area contributed by atoms with Crippen molar-refractivity contribution in [3.05, 3.63) is 65.9 Å². The molecule has 0 saturated carbocycles. The van der Waals surface area contributed by atoms with Crippen molar-refractivity contribution in [2.75, 3.05) is 7.11 Å². The average molecular weight is 334 g/mol. The molecule has 0 aliphatic carbocycles. The van der Waals surface area contributed by atoms with Gasteiger partial charge in [-0.25, -0.2) is 4.98 Å². The Balaban J connectivity index is 2.08. The maximum atomic E-state index is 10.1. The van der Waals surface area contributed by atoms with Gasteiger partial charge in [-0.1, -0.05) is 42.0 Å². The van der Waals surface area contributed by atoms with Crippen LogP contribution in [0.1, 0.15) is 19.5 Å². The summed E-state index contributed by atoms with van der Waals surface area (Å²) in [6.45, 7) is 4.14. The number of aromatic nitrogens is 2. The van der Waals surface area contributed by atoms with Crippen molar-refractivity contribution in [2.24, 2.45) is 0 Å². The molecule has 1 heterocycles. The zero-order valence-corrected chi connectivity index (χ0v) is 14.7. The van der Waals surface area contributed by atoms with E-state index in [0.29, 0.717) is 5.75 Å². The van der Waals surface area contributed by atoms with Gasteiger partial charge in [-0.15, -0.1) is 0 Å². The van der Waals surface area contributed by atoms with Crippen LogP contribution in [0.3, 0.4) is 0 Å². The molecule has 4 heteroatoms. The predicted molar refractivity (Wildman–Crippen MR) is 101 cm³/mol. The fourth-order valence-corrected chi connectivity index (χ4v) is 2.73. The van der Waals surface area contributed by atoms with Crippen LogP contribution in [0.5, 0.6) is 11.5 Å². The van der Waals surface area contributed by atoms with Gasteiger partial charge in [0.15, 0.2) is 11.5 Å². The molecule has 2 N–H and O–H groups in total. The van der Waals surface area contributed by atoms with Gasteiger partial charge in [-0.05, 0) is 32.0 Å². The van der Waals surface area contributed by atoms with E-state index in [2.05, 4.69) is 30.1 Å². The van der Waals surface area contributed by atoms with Gasteiger partial charge in [-0.2, -0.15) is 0 Å². The second-order valence-electron chi connectivity index (χ2n) is 5.98. The first-order valence-corrected chi connectivity index (χ1v) is 8.26. The number of hydrogen-bond acceptors (Lipinski definition) is 3. The number of methoxy groups -OCH3 is 1. The van der Waals surface area contributed by atoms with Gasteiger partial charge in [0.1, 0.15) is 5.82 Å². The van der Waals surface area contributed by atoms with Crippen molar-refractivity contribution >= 4 is 0 Å². The average Bonchev–Trinajstić information content (AvgIpc) is 3.06. The van der Waals surface area contributed by atoms with Crippen LogP contribution in [0.2, 0.25) is 0 Å². The molecule has 3 aromatic rings. The number of benzene rings is 2. The van der Waals surface area contributed by atoms with Gasteiger partial charge in [-0.3, -0.25) is 0 Å². The number of phenolic OH excluding ortho intramolecular Hbond substituents is 1. The van der Waals surface area contributed by atoms with Gasteiger partial charge < -0.3 is 14.8 Å². The summed E-state index contributed by atoms with van der Waals surface area (Å²) in [4.78, 5) is 8.22. The summed E-state index contributed by atoms with van der Waals surface area (Å²) in [5, 5.41) is 10.1. The number of H-pyrrole nitrogens is 1. The van der Waals surface area contributed by atoms with Gasteiger partial charge >= 0.3 is 0 Å². The van der Waals surface area contributed by atoms with E-state index in [0.717, 1.165) is 34.8 Å². The van der Waals surface area contributed by atoms with E-state index < -0.39 is 0 Å². The SMILES string of the molecule is C/C=C(/C)Cc1[nH]c(-c2ccc(OC)c(O)c2)nc1-c1ccccc1. The lowest BCUT2D eigenvalue weighted by Crippen LogP contribution is -1.91. The molecule has 0 spiro atoms. The van der Waals surface area contributed by atoms with E-state index in [4.69, 9.17) is 9.72 Å². The third-order valence-corrected chi connectivity index (χ3v) is 4.23. The Kier molecular flexibility index (Phi) is 4.89. The summed E-state index contributed by atoms with van der Waals surface area (Å²) >= 11 is 0. The zero-order valence-electron chi connectivity index (χ0n) is 14.7. The zero-order chi connectivity index (χ0) is 17.8. The largest absolute Gasteiger partial charge is 0.504 e. The topological polar surface area (TPSA) is 58.1 Å². The Bertz CT molecular complexity index is 896. The second kappa shape index (κ2) is 7.26. The van der Waals surface area contributed by atoms with Crippen molar-refractivity contribution < 1.29 is 9.84 Å². The smallest absolute Gasteiger partial charge is 0.160 e. The third kappa shape index (κ3) is 3.58. The Labute approximate surface area is 147 Å². The number of imidazole rings is 1. The van der Waals surface area contributed by atoms with Crippen LogP contribution in [-0.2, 0) is 6.42 Å². The van der Waals surface area contributed by atoms with E-state index in [1.807, 2.05) is 31.2 Å². The van der Waals surface area contributed by atoms with Crippen LogP contribution in [0.4, 0.5) is 0 Å². The van der Waals surface area contributed by atoms with Gasteiger partial charge in [0.05, 0.1) is 12.8 Å². The Morgan fingerprint density at radius 3 is 2.56 bits per heavy atom. The first kappa shape index (κ1) is 16.8. The van der Waals surface area contributed by atoms with E-state index in [-0.39, 0.29) is 5.75 Å². The summed E-state index contributed by atoms with van der Waals surface area (Å²) in [6, 6.07) is 15.4. The maximum absolute atomic E-state index is 10.1. The molecule has 3 rings (SSSR count). The highest BCUT2D eigenvalue weighted by atomic mass is 16.5. The van der Waals surface area contributed by atoms with Gasteiger partial charge in [0.2, 0.25) is 0 Å². The molecule has 128 valence electrons. The minimum absolute atomic E-state index is 0.101. The number of nitrogens with zero attached hydrogens (tertiary/aromatic N) is 1. The number of rotatable bonds is 5. The lowest BCUT2D eigenvalue weighted by Gasteiger charge is -2.04. The monoisotopic (exact) mass is 334 g/mol. The minimum atomic E-state index is 0.101. The molecule has 0 aliphatic rings. The van der Waals surface area contributed by atoms with Gasteiger partial charge in [0, 0.05) is 23.2 Å². The van der Waals surface area contributed by atoms with Crippen LogP contribution >= 0.6 is 0 Å². The molecule has 2 aromatic carbocycles. The van der Waals surface area contributed by atoms with Crippen molar-refractivity contribution in [1.82, 2.24) is 9.97 Å². The van der Waals surface area contributed by atoms with E-state index in [1.165, 1.54) is 12.7 Å². The number of allylic oxidation sites excluding steroid dienone is 2. The fraction of sp³-hybridized carbons (Fsp3) is 0.190. The molecule has 0 atom stereocenters. The number of phenols is 1. The van der Waals surface area contributed by atoms with Crippen LogP contribution in [0.15, 0.2) is 60.2 Å². The highest BCUT2D eigenvalue weighted by Crippen LogP contribution is 2.32. The third-order valence-electron chi connectivity index (χ3n) is 4.23. The Morgan fingerprint density at radius 2 is 1.92 bits per heavy atom. The normalized spacial score (nSPS) is 11.6. The molecule has 0 saturated heterocycles. The summed E-state index contributed by atoms with van der Waals surface area (Å²) in [5.41, 5.74) is 5.16. The number of hydrogen-bond donors (Lipinski definition) is 2. The van der Waals surface area contributed by atoms with Gasteiger partial charge in [0.25, 0.3) is 0 Å². The summed E-state index contributed by atoms with van der Waals surface area (Å²) in [6.07, 6.45) is 2.91. The predicted octanol–water partition coefficient (Wildman–Crippen LogP) is 4.97. The lowest BCUT2D eigenvalue weighted by atomic mass is 10.1. The van der Waals surface area contributed by atoms with E-state index in [1.54, 1.807) is 12.1 Å². The molecule has 0 amide bonds. The molecule has 0 bridgehead atoms. The number of aromatic amines is 1. The fourth-order valence-electron chi connectivity index (χ4n) is 2.73. The quantitative estimate of drug-likeness (QED) is 0.648. The van der Waals surface area contributed by atoms with E-state index in [9.17, 15) is 5.11 Å². The molecule has 4 nitrogen and oxygen atoms in total. The number of nitrogens with one attached hydrogen (secondary N) is 1. The molecule has 0 fully saturated rings. The van der Waals surface area contributed by atoms with Crippen LogP contribution in [0.25, 0.3) is 22.6 Å². The first-order valence-electron chi connectivity index (χ1n) is 8.26. The van der Waals surface area contributed by atoms with Crippen LogP contribution < -0.4 is 4.74 Å². The molecule has 0 aliphatic heterocycles. The summed E-state index contributed by atoms with van der Waals surface area (Å²) in [5.74, 6) is 1.28. The molecular weight excluding hydrogens is 312 g/mol. The lowest BCUT2D eigenvalue weighted by molar-refractivity contribution is 0.373. The summed E-state index contributed by atoms with van der Waals surface area (Å²) in [7, 11) is 1.53. The molecule has 25 heavy (non-hydrogen) atoms. The van der Waals surface area contributed by atoms with Crippen molar-refractivity contribution in [1.29, 1.82) is 0 Å². The maximum Gasteiger partial charge on any atom is 0.160 e. The Hall–Kier alpha value is -3.01. The number of ether oxygens (including phenoxy) is 1. The molecular formula is C21H22N2O2. The summed E-state index contributed by atoms with van der Waals surface area (Å²) < 4.78 is 5.11. The second-order valence-corrected chi connectivity index (χ2v) is 5.98. The van der Waals surface area contributed by atoms with E-state index >= 15 is 0 Å². The van der Waals surface area contributed by atoms with Crippen molar-refractivity contribution in [3.8, 4) is 34.1 Å². The molecule has 0 unspecified atom stereocenters. The van der Waals surface area contributed by atoms with Crippen LogP contribution in [-0.4, -0.2) is 22.2 Å². The van der Waals surface area contributed by atoms with Crippen LogP contribution in [0, 0.1) is 0 Å². The minimum Gasteiger partial charge on any atom is -0.504 e. The molecule has 0 radical (unpaired) electrons. The van der Waals surface area contributed by atoms with Crippen molar-refractivity contribution in [2.45, 2.75) is 20.3 Å². The molecule has 1 aromatic heterocycles.